The highest BCUT2D eigenvalue weighted by molar-refractivity contribution is 7.93. The van der Waals surface area contributed by atoms with Gasteiger partial charge in [-0.25, -0.2) is 23.2 Å². The van der Waals surface area contributed by atoms with E-state index in [-0.39, 0.29) is 15.7 Å². The maximum Gasteiger partial charge on any atom is 0.417 e. The van der Waals surface area contributed by atoms with E-state index in [1.165, 1.54) is 19.9 Å². The molecule has 0 saturated carbocycles. The van der Waals surface area contributed by atoms with Gasteiger partial charge in [-0.05, 0) is 32.0 Å². The number of benzene rings is 1. The van der Waals surface area contributed by atoms with Crippen LogP contribution in [0.3, 0.4) is 0 Å². The molecule has 0 aliphatic rings. The SMILES string of the molecule is COc1cccc(C(F)(F)F)c1S(=O)(=O)N(C(N)=O)c1nc(C)cc(C)n1. The minimum Gasteiger partial charge on any atom is -0.495 e. The number of sulfonamides is 1. The van der Waals surface area contributed by atoms with Crippen molar-refractivity contribution in [3.63, 3.8) is 0 Å². The summed E-state index contributed by atoms with van der Waals surface area (Å²) < 4.78 is 70.9. The molecule has 2 N–H and O–H groups in total. The van der Waals surface area contributed by atoms with Gasteiger partial charge in [0, 0.05) is 11.4 Å². The van der Waals surface area contributed by atoms with Gasteiger partial charge in [-0.1, -0.05) is 6.07 Å². The topological polar surface area (TPSA) is 115 Å². The molecule has 0 aliphatic heterocycles. The number of aromatic nitrogens is 2. The first-order chi connectivity index (χ1) is 12.4. The van der Waals surface area contributed by atoms with Crippen molar-refractivity contribution in [2.75, 3.05) is 11.4 Å². The van der Waals surface area contributed by atoms with Gasteiger partial charge in [0.25, 0.3) is 10.0 Å². The number of carbonyl (C=O) groups excluding carboxylic acids is 1. The number of ether oxygens (including phenoxy) is 1. The predicted octanol–water partition coefficient (Wildman–Crippen LogP) is 2.39. The average Bonchev–Trinajstić information content (AvgIpc) is 2.51. The monoisotopic (exact) mass is 404 g/mol. The van der Waals surface area contributed by atoms with Crippen LogP contribution in [0.4, 0.5) is 23.9 Å². The van der Waals surface area contributed by atoms with Gasteiger partial charge in [-0.2, -0.15) is 13.2 Å². The van der Waals surface area contributed by atoms with E-state index in [1.807, 2.05) is 0 Å². The van der Waals surface area contributed by atoms with E-state index >= 15 is 0 Å². The lowest BCUT2D eigenvalue weighted by Gasteiger charge is -2.22. The quantitative estimate of drug-likeness (QED) is 0.837. The fourth-order valence-corrected chi connectivity index (χ4v) is 3.96. The number of hydrogen-bond acceptors (Lipinski definition) is 6. The maximum atomic E-state index is 13.4. The Hall–Kier alpha value is -2.89. The number of halogens is 3. The molecule has 2 aromatic rings. The Bertz CT molecular complexity index is 973. The van der Waals surface area contributed by atoms with Gasteiger partial charge in [-0.3, -0.25) is 0 Å². The zero-order valence-electron chi connectivity index (χ0n) is 14.4. The number of carbonyl (C=O) groups is 1. The molecule has 1 heterocycles. The fraction of sp³-hybridized carbons (Fsp3) is 0.267. The molecule has 0 aliphatic carbocycles. The van der Waals surface area contributed by atoms with E-state index in [0.29, 0.717) is 6.07 Å². The molecule has 0 unspecified atom stereocenters. The van der Waals surface area contributed by atoms with E-state index in [0.717, 1.165) is 19.2 Å². The number of primary amides is 1. The van der Waals surface area contributed by atoms with Gasteiger partial charge in [0.2, 0.25) is 5.95 Å². The molecule has 0 saturated heterocycles. The van der Waals surface area contributed by atoms with Gasteiger partial charge in [-0.15, -0.1) is 4.31 Å². The van der Waals surface area contributed by atoms with Crippen LogP contribution in [-0.2, 0) is 16.2 Å². The Morgan fingerprint density at radius 2 is 1.74 bits per heavy atom. The van der Waals surface area contributed by atoms with Crippen LogP contribution in [0.2, 0.25) is 0 Å². The van der Waals surface area contributed by atoms with Crippen LogP contribution in [0.1, 0.15) is 17.0 Å². The number of nitrogens with two attached hydrogens (primary N) is 1. The summed E-state index contributed by atoms with van der Waals surface area (Å²) in [4.78, 5) is 18.2. The summed E-state index contributed by atoms with van der Waals surface area (Å²) in [6.45, 7) is 2.99. The van der Waals surface area contributed by atoms with Crippen molar-refractivity contribution in [3.05, 3.63) is 41.2 Å². The van der Waals surface area contributed by atoms with Crippen LogP contribution in [0.25, 0.3) is 0 Å². The van der Waals surface area contributed by atoms with Gasteiger partial charge in [0.1, 0.15) is 10.6 Å². The molecule has 27 heavy (non-hydrogen) atoms. The molecule has 2 amide bonds. The largest absolute Gasteiger partial charge is 0.495 e. The van der Waals surface area contributed by atoms with E-state index < -0.39 is 44.4 Å². The number of nitrogens with zero attached hydrogens (tertiary/aromatic N) is 3. The fourth-order valence-electron chi connectivity index (χ4n) is 2.38. The number of anilines is 1. The molecule has 2 rings (SSSR count). The molecule has 0 spiro atoms. The van der Waals surface area contributed by atoms with Crippen LogP contribution >= 0.6 is 0 Å². The van der Waals surface area contributed by atoms with Gasteiger partial charge in [0.15, 0.2) is 0 Å². The molecule has 12 heteroatoms. The molecule has 1 aromatic heterocycles. The van der Waals surface area contributed by atoms with Gasteiger partial charge >= 0.3 is 12.2 Å². The number of methoxy groups -OCH3 is 1. The minimum absolute atomic E-state index is 0.0832. The maximum absolute atomic E-state index is 13.4. The zero-order chi connectivity index (χ0) is 20.6. The van der Waals surface area contributed by atoms with E-state index in [9.17, 15) is 26.4 Å². The highest BCUT2D eigenvalue weighted by Crippen LogP contribution is 2.40. The minimum atomic E-state index is -5.15. The molecule has 146 valence electrons. The number of alkyl halides is 3. The Morgan fingerprint density at radius 3 is 2.19 bits per heavy atom. The highest BCUT2D eigenvalue weighted by atomic mass is 32.2. The van der Waals surface area contributed by atoms with Crippen molar-refractivity contribution in [2.45, 2.75) is 24.9 Å². The summed E-state index contributed by atoms with van der Waals surface area (Å²) in [6.07, 6.45) is -5.04. The third-order valence-electron chi connectivity index (χ3n) is 3.35. The number of amides is 2. The van der Waals surface area contributed by atoms with Crippen molar-refractivity contribution < 1.29 is 31.1 Å². The lowest BCUT2D eigenvalue weighted by atomic mass is 10.2. The summed E-state index contributed by atoms with van der Waals surface area (Å²) >= 11 is 0. The van der Waals surface area contributed by atoms with Crippen molar-refractivity contribution >= 4 is 22.0 Å². The molecule has 0 radical (unpaired) electrons. The average molecular weight is 404 g/mol. The first-order valence-electron chi connectivity index (χ1n) is 7.31. The van der Waals surface area contributed by atoms with E-state index in [4.69, 9.17) is 10.5 Å². The summed E-state index contributed by atoms with van der Waals surface area (Å²) in [7, 11) is -4.16. The summed E-state index contributed by atoms with van der Waals surface area (Å²) in [5.74, 6) is -1.28. The van der Waals surface area contributed by atoms with Crippen LogP contribution < -0.4 is 14.8 Å². The predicted molar refractivity (Wildman–Crippen MR) is 88.8 cm³/mol. The number of rotatable bonds is 4. The molecule has 0 atom stereocenters. The zero-order valence-corrected chi connectivity index (χ0v) is 15.2. The smallest absolute Gasteiger partial charge is 0.417 e. The molecule has 0 fully saturated rings. The highest BCUT2D eigenvalue weighted by Gasteiger charge is 2.43. The Balaban J connectivity index is 2.85. The van der Waals surface area contributed by atoms with Crippen LogP contribution in [0.15, 0.2) is 29.2 Å². The second-order valence-corrected chi connectivity index (χ2v) is 7.12. The van der Waals surface area contributed by atoms with Crippen LogP contribution in [0, 0.1) is 13.8 Å². The second-order valence-electron chi connectivity index (χ2n) is 5.39. The van der Waals surface area contributed by atoms with Crippen molar-refractivity contribution in [3.8, 4) is 5.75 Å². The number of hydrogen-bond donors (Lipinski definition) is 1. The molecule has 8 nitrogen and oxygen atoms in total. The summed E-state index contributed by atoms with van der Waals surface area (Å²) in [5.41, 5.74) is 4.21. The molecular formula is C15H15F3N4O4S. The Morgan fingerprint density at radius 1 is 1.19 bits per heavy atom. The molecule has 1 aromatic carbocycles. The lowest BCUT2D eigenvalue weighted by molar-refractivity contribution is -0.140. The van der Waals surface area contributed by atoms with Crippen LogP contribution in [-0.4, -0.2) is 31.5 Å². The first kappa shape index (κ1) is 20.4. The lowest BCUT2D eigenvalue weighted by Crippen LogP contribution is -2.42. The number of urea groups is 1. The van der Waals surface area contributed by atoms with E-state index in [2.05, 4.69) is 9.97 Å². The van der Waals surface area contributed by atoms with Crippen LogP contribution in [0.5, 0.6) is 5.75 Å². The summed E-state index contributed by atoms with van der Waals surface area (Å²) in [5, 5.41) is 0. The molecular weight excluding hydrogens is 389 g/mol. The van der Waals surface area contributed by atoms with Crippen molar-refractivity contribution in [2.24, 2.45) is 5.73 Å². The Labute approximate surface area is 152 Å². The number of aryl methyl sites for hydroxylation is 2. The normalized spacial score (nSPS) is 11.9. The van der Waals surface area contributed by atoms with Gasteiger partial charge in [0.05, 0.1) is 12.7 Å². The third-order valence-corrected chi connectivity index (χ3v) is 5.12. The van der Waals surface area contributed by atoms with Gasteiger partial charge < -0.3 is 10.5 Å². The first-order valence-corrected chi connectivity index (χ1v) is 8.75. The van der Waals surface area contributed by atoms with Crippen molar-refractivity contribution in [1.29, 1.82) is 0 Å². The standard InChI is InChI=1S/C15H15F3N4O4S/c1-8-7-9(2)21-14(20-8)22(13(19)23)27(24,25)12-10(15(16,17)18)5-4-6-11(12)26-3/h4-7H,1-3H3,(H2,19,23). The summed E-state index contributed by atoms with van der Waals surface area (Å²) in [6, 6.07) is 2.46. The van der Waals surface area contributed by atoms with Crippen molar-refractivity contribution in [1.82, 2.24) is 9.97 Å². The second kappa shape index (κ2) is 7.02. The Kier molecular flexibility index (Phi) is 5.31. The third kappa shape index (κ3) is 3.94. The van der Waals surface area contributed by atoms with E-state index in [1.54, 1.807) is 0 Å². The molecule has 0 bridgehead atoms.